The normalized spacial score (nSPS) is 20.2. The first-order chi connectivity index (χ1) is 9.67. The Morgan fingerprint density at radius 2 is 1.65 bits per heavy atom. The van der Waals surface area contributed by atoms with Gasteiger partial charge in [-0.15, -0.1) is 0 Å². The highest BCUT2D eigenvalue weighted by Gasteiger charge is 2.42. The number of esters is 1. The van der Waals surface area contributed by atoms with Crippen LogP contribution in [0.4, 0.5) is 0 Å². The summed E-state index contributed by atoms with van der Waals surface area (Å²) in [6.45, 7) is 2.08. The van der Waals surface area contributed by atoms with Crippen molar-refractivity contribution in [2.75, 3.05) is 7.11 Å². The maximum absolute atomic E-state index is 12.2. The van der Waals surface area contributed by atoms with Crippen molar-refractivity contribution >= 4 is 12.0 Å². The number of rotatable bonds is 2. The van der Waals surface area contributed by atoms with Crippen molar-refractivity contribution in [2.24, 2.45) is 0 Å². The second-order valence-electron chi connectivity index (χ2n) is 5.13. The molecule has 2 aromatic carbocycles. The van der Waals surface area contributed by atoms with Gasteiger partial charge < -0.3 is 4.74 Å². The third-order valence-corrected chi connectivity index (χ3v) is 4.09. The van der Waals surface area contributed by atoms with E-state index in [4.69, 9.17) is 4.74 Å². The third kappa shape index (κ3) is 1.68. The topological polar surface area (TPSA) is 26.3 Å². The number of fused-ring (bicyclic) bond motifs is 1. The number of methoxy groups -OCH3 is 1. The standard InChI is InChI=1S/C18H16O2/c1-18(14-9-4-3-5-10-14)15-11-7-6-8-13(15)12-16(18)17(19)20-2/h3-12H,1-2H3. The number of benzene rings is 2. The lowest BCUT2D eigenvalue weighted by Crippen LogP contribution is -2.28. The molecule has 1 atom stereocenters. The zero-order valence-electron chi connectivity index (χ0n) is 11.6. The fourth-order valence-electron chi connectivity index (χ4n) is 2.98. The van der Waals surface area contributed by atoms with Gasteiger partial charge in [0.05, 0.1) is 18.1 Å². The SMILES string of the molecule is COC(=O)C1=Cc2ccccc2C1(C)c1ccccc1. The first-order valence-electron chi connectivity index (χ1n) is 6.63. The fourth-order valence-corrected chi connectivity index (χ4v) is 2.98. The zero-order chi connectivity index (χ0) is 14.2. The van der Waals surface area contributed by atoms with Crippen molar-refractivity contribution in [2.45, 2.75) is 12.3 Å². The number of carbonyl (C=O) groups excluding carboxylic acids is 1. The van der Waals surface area contributed by atoms with Crippen LogP contribution in [-0.2, 0) is 14.9 Å². The molecule has 1 aliphatic rings. The summed E-state index contributed by atoms with van der Waals surface area (Å²) in [4.78, 5) is 12.2. The van der Waals surface area contributed by atoms with Crippen LogP contribution in [0.5, 0.6) is 0 Å². The van der Waals surface area contributed by atoms with Gasteiger partial charge in [0.15, 0.2) is 0 Å². The Morgan fingerprint density at radius 3 is 2.35 bits per heavy atom. The Bertz CT molecular complexity index is 686. The van der Waals surface area contributed by atoms with Gasteiger partial charge in [0.25, 0.3) is 0 Å². The molecule has 0 heterocycles. The Balaban J connectivity index is 2.25. The Kier molecular flexibility index (Phi) is 2.94. The van der Waals surface area contributed by atoms with Crippen LogP contribution in [0.15, 0.2) is 60.2 Å². The van der Waals surface area contributed by atoms with Crippen LogP contribution in [0, 0.1) is 0 Å². The molecule has 0 radical (unpaired) electrons. The van der Waals surface area contributed by atoms with Crippen molar-refractivity contribution in [3.63, 3.8) is 0 Å². The summed E-state index contributed by atoms with van der Waals surface area (Å²) in [6.07, 6.45) is 1.94. The van der Waals surface area contributed by atoms with Crippen LogP contribution < -0.4 is 0 Å². The average molecular weight is 264 g/mol. The lowest BCUT2D eigenvalue weighted by atomic mass is 9.73. The van der Waals surface area contributed by atoms with E-state index in [0.29, 0.717) is 5.57 Å². The van der Waals surface area contributed by atoms with E-state index in [2.05, 4.69) is 25.1 Å². The molecule has 0 aromatic heterocycles. The van der Waals surface area contributed by atoms with E-state index in [1.165, 1.54) is 7.11 Å². The molecule has 0 fully saturated rings. The van der Waals surface area contributed by atoms with Crippen LogP contribution in [-0.4, -0.2) is 13.1 Å². The molecule has 1 aliphatic carbocycles. The van der Waals surface area contributed by atoms with E-state index >= 15 is 0 Å². The van der Waals surface area contributed by atoms with Crippen molar-refractivity contribution in [3.8, 4) is 0 Å². The van der Waals surface area contributed by atoms with Crippen molar-refractivity contribution in [1.29, 1.82) is 0 Å². The Hall–Kier alpha value is -2.35. The summed E-state index contributed by atoms with van der Waals surface area (Å²) < 4.78 is 4.98. The van der Waals surface area contributed by atoms with Gasteiger partial charge in [0.2, 0.25) is 0 Å². The smallest absolute Gasteiger partial charge is 0.335 e. The van der Waals surface area contributed by atoms with E-state index in [9.17, 15) is 4.79 Å². The molecule has 0 bridgehead atoms. The second kappa shape index (κ2) is 4.64. The molecule has 0 N–H and O–H groups in total. The molecule has 100 valence electrons. The molecule has 0 saturated heterocycles. The van der Waals surface area contributed by atoms with Crippen molar-refractivity contribution in [3.05, 3.63) is 76.9 Å². The number of hydrogen-bond donors (Lipinski definition) is 0. The van der Waals surface area contributed by atoms with E-state index in [-0.39, 0.29) is 5.97 Å². The van der Waals surface area contributed by atoms with Gasteiger partial charge >= 0.3 is 5.97 Å². The van der Waals surface area contributed by atoms with Crippen LogP contribution in [0.3, 0.4) is 0 Å². The predicted molar refractivity (Wildman–Crippen MR) is 79.3 cm³/mol. The van der Waals surface area contributed by atoms with Gasteiger partial charge in [0.1, 0.15) is 0 Å². The molecular formula is C18H16O2. The van der Waals surface area contributed by atoms with Crippen molar-refractivity contribution < 1.29 is 9.53 Å². The fraction of sp³-hybridized carbons (Fsp3) is 0.167. The van der Waals surface area contributed by atoms with Crippen LogP contribution in [0.25, 0.3) is 6.08 Å². The molecule has 0 aliphatic heterocycles. The van der Waals surface area contributed by atoms with Gasteiger partial charge in [-0.2, -0.15) is 0 Å². The average Bonchev–Trinajstić information content (AvgIpc) is 2.82. The minimum Gasteiger partial charge on any atom is -0.466 e. The number of ether oxygens (including phenoxy) is 1. The molecule has 1 unspecified atom stereocenters. The molecule has 2 nitrogen and oxygen atoms in total. The molecule has 0 spiro atoms. The largest absolute Gasteiger partial charge is 0.466 e. The number of carbonyl (C=O) groups is 1. The Morgan fingerprint density at radius 1 is 1.00 bits per heavy atom. The maximum atomic E-state index is 12.2. The van der Waals surface area contributed by atoms with Gasteiger partial charge in [-0.1, -0.05) is 54.6 Å². The maximum Gasteiger partial charge on any atom is 0.335 e. The molecule has 2 aromatic rings. The molecular weight excluding hydrogens is 248 g/mol. The van der Waals surface area contributed by atoms with Gasteiger partial charge in [0, 0.05) is 0 Å². The first kappa shape index (κ1) is 12.7. The second-order valence-corrected chi connectivity index (χ2v) is 5.13. The van der Waals surface area contributed by atoms with Gasteiger partial charge in [-0.05, 0) is 29.7 Å². The predicted octanol–water partition coefficient (Wildman–Crippen LogP) is 3.56. The van der Waals surface area contributed by atoms with Gasteiger partial charge in [-0.3, -0.25) is 0 Å². The van der Waals surface area contributed by atoms with E-state index in [1.54, 1.807) is 0 Å². The molecule has 0 saturated carbocycles. The lowest BCUT2D eigenvalue weighted by molar-refractivity contribution is -0.136. The number of hydrogen-bond acceptors (Lipinski definition) is 2. The van der Waals surface area contributed by atoms with Crippen LogP contribution >= 0.6 is 0 Å². The van der Waals surface area contributed by atoms with Crippen LogP contribution in [0.2, 0.25) is 0 Å². The highest BCUT2D eigenvalue weighted by Crippen LogP contribution is 2.46. The summed E-state index contributed by atoms with van der Waals surface area (Å²) in [5.41, 5.74) is 3.56. The Labute approximate surface area is 118 Å². The highest BCUT2D eigenvalue weighted by molar-refractivity contribution is 6.00. The molecule has 20 heavy (non-hydrogen) atoms. The highest BCUT2D eigenvalue weighted by atomic mass is 16.5. The summed E-state index contributed by atoms with van der Waals surface area (Å²) in [5, 5.41) is 0. The van der Waals surface area contributed by atoms with E-state index < -0.39 is 5.41 Å². The summed E-state index contributed by atoms with van der Waals surface area (Å²) in [6, 6.07) is 18.2. The summed E-state index contributed by atoms with van der Waals surface area (Å²) in [5.74, 6) is -0.271. The van der Waals surface area contributed by atoms with Gasteiger partial charge in [-0.25, -0.2) is 4.79 Å². The quantitative estimate of drug-likeness (QED) is 0.775. The van der Waals surface area contributed by atoms with Crippen molar-refractivity contribution in [1.82, 2.24) is 0 Å². The molecule has 3 rings (SSSR count). The zero-order valence-corrected chi connectivity index (χ0v) is 11.6. The molecule has 0 amide bonds. The monoisotopic (exact) mass is 264 g/mol. The third-order valence-electron chi connectivity index (χ3n) is 4.09. The minimum atomic E-state index is -0.453. The minimum absolute atomic E-state index is 0.271. The summed E-state index contributed by atoms with van der Waals surface area (Å²) in [7, 11) is 1.43. The first-order valence-corrected chi connectivity index (χ1v) is 6.63. The van der Waals surface area contributed by atoms with Crippen LogP contribution in [0.1, 0.15) is 23.6 Å². The van der Waals surface area contributed by atoms with E-state index in [1.807, 2.05) is 42.5 Å². The molecule has 2 heteroatoms. The summed E-state index contributed by atoms with van der Waals surface area (Å²) >= 11 is 0. The lowest BCUT2D eigenvalue weighted by Gasteiger charge is -2.29. The van der Waals surface area contributed by atoms with E-state index in [0.717, 1.165) is 16.7 Å².